The molecule has 0 spiro atoms. The first kappa shape index (κ1) is 8.02. The van der Waals surface area contributed by atoms with E-state index in [1.807, 2.05) is 0 Å². The second-order valence-corrected chi connectivity index (χ2v) is 3.37. The van der Waals surface area contributed by atoms with Crippen molar-refractivity contribution < 1.29 is 10.2 Å². The van der Waals surface area contributed by atoms with Gasteiger partial charge in [-0.05, 0) is 25.2 Å². The van der Waals surface area contributed by atoms with Crippen LogP contribution in [0.2, 0.25) is 0 Å². The fourth-order valence-electron chi connectivity index (χ4n) is 1.79. The summed E-state index contributed by atoms with van der Waals surface area (Å²) in [6.07, 6.45) is 3.64. The lowest BCUT2D eigenvalue weighted by molar-refractivity contribution is -0.0121. The standard InChI is InChI=1S/C8H16O2/c1-7-3-2-4-8(7,10)5-6-9/h7,9-10H,2-6H2,1H3. The minimum atomic E-state index is -0.547. The summed E-state index contributed by atoms with van der Waals surface area (Å²) >= 11 is 0. The van der Waals surface area contributed by atoms with Crippen molar-refractivity contribution in [2.24, 2.45) is 5.92 Å². The van der Waals surface area contributed by atoms with Gasteiger partial charge in [-0.2, -0.15) is 0 Å². The molecule has 1 rings (SSSR count). The van der Waals surface area contributed by atoms with E-state index in [2.05, 4.69) is 6.92 Å². The van der Waals surface area contributed by atoms with E-state index in [-0.39, 0.29) is 6.61 Å². The van der Waals surface area contributed by atoms with Crippen molar-refractivity contribution in [3.8, 4) is 0 Å². The van der Waals surface area contributed by atoms with Gasteiger partial charge in [0.05, 0.1) is 5.60 Å². The summed E-state index contributed by atoms with van der Waals surface area (Å²) in [5, 5.41) is 18.4. The van der Waals surface area contributed by atoms with Gasteiger partial charge in [0, 0.05) is 6.61 Å². The van der Waals surface area contributed by atoms with Crippen molar-refractivity contribution in [3.05, 3.63) is 0 Å². The Labute approximate surface area is 61.9 Å². The zero-order chi connectivity index (χ0) is 7.61. The highest BCUT2D eigenvalue weighted by Gasteiger charge is 2.37. The quantitative estimate of drug-likeness (QED) is 0.605. The summed E-state index contributed by atoms with van der Waals surface area (Å²) in [5.41, 5.74) is -0.547. The SMILES string of the molecule is CC1CCCC1(O)CCO. The van der Waals surface area contributed by atoms with Gasteiger partial charge in [-0.3, -0.25) is 0 Å². The van der Waals surface area contributed by atoms with Gasteiger partial charge in [0.1, 0.15) is 0 Å². The predicted octanol–water partition coefficient (Wildman–Crippen LogP) is 0.920. The summed E-state index contributed by atoms with van der Waals surface area (Å²) in [6.45, 7) is 2.17. The van der Waals surface area contributed by atoms with Crippen molar-refractivity contribution in [2.75, 3.05) is 6.61 Å². The molecule has 10 heavy (non-hydrogen) atoms. The molecule has 1 aliphatic carbocycles. The van der Waals surface area contributed by atoms with Gasteiger partial charge in [-0.25, -0.2) is 0 Å². The van der Waals surface area contributed by atoms with E-state index in [4.69, 9.17) is 5.11 Å². The van der Waals surface area contributed by atoms with Gasteiger partial charge in [0.25, 0.3) is 0 Å². The first-order chi connectivity index (χ1) is 4.69. The average Bonchev–Trinajstić information content (AvgIpc) is 2.15. The van der Waals surface area contributed by atoms with Gasteiger partial charge < -0.3 is 10.2 Å². The van der Waals surface area contributed by atoms with Crippen LogP contribution in [-0.2, 0) is 0 Å². The maximum atomic E-state index is 9.80. The van der Waals surface area contributed by atoms with E-state index in [0.717, 1.165) is 19.3 Å². The van der Waals surface area contributed by atoms with Crippen LogP contribution in [-0.4, -0.2) is 22.4 Å². The third-order valence-electron chi connectivity index (χ3n) is 2.71. The van der Waals surface area contributed by atoms with Crippen molar-refractivity contribution in [3.63, 3.8) is 0 Å². The highest BCUT2D eigenvalue weighted by molar-refractivity contribution is 4.89. The van der Waals surface area contributed by atoms with E-state index < -0.39 is 5.60 Å². The van der Waals surface area contributed by atoms with Crippen molar-refractivity contribution in [2.45, 2.75) is 38.2 Å². The maximum Gasteiger partial charge on any atom is 0.0695 e. The van der Waals surface area contributed by atoms with Gasteiger partial charge in [-0.15, -0.1) is 0 Å². The number of aliphatic hydroxyl groups excluding tert-OH is 1. The highest BCUT2D eigenvalue weighted by Crippen LogP contribution is 2.37. The molecule has 0 aromatic heterocycles. The lowest BCUT2D eigenvalue weighted by atomic mass is 9.90. The van der Waals surface area contributed by atoms with Crippen molar-refractivity contribution in [1.29, 1.82) is 0 Å². The smallest absolute Gasteiger partial charge is 0.0695 e. The Morgan fingerprint density at radius 2 is 2.30 bits per heavy atom. The van der Waals surface area contributed by atoms with E-state index in [1.54, 1.807) is 0 Å². The van der Waals surface area contributed by atoms with Gasteiger partial charge in [0.15, 0.2) is 0 Å². The molecule has 2 unspecified atom stereocenters. The summed E-state index contributed by atoms with van der Waals surface area (Å²) in [7, 11) is 0. The molecular formula is C8H16O2. The molecule has 0 aromatic rings. The van der Waals surface area contributed by atoms with E-state index >= 15 is 0 Å². The molecule has 2 nitrogen and oxygen atoms in total. The monoisotopic (exact) mass is 144 g/mol. The molecule has 0 heterocycles. The molecule has 60 valence electrons. The van der Waals surface area contributed by atoms with Gasteiger partial charge in [-0.1, -0.05) is 13.3 Å². The molecule has 2 heteroatoms. The van der Waals surface area contributed by atoms with Crippen LogP contribution in [0.1, 0.15) is 32.6 Å². The molecule has 2 atom stereocenters. The van der Waals surface area contributed by atoms with Crippen LogP contribution in [0.5, 0.6) is 0 Å². The highest BCUT2D eigenvalue weighted by atomic mass is 16.3. The Hall–Kier alpha value is -0.0800. The Balaban J connectivity index is 2.48. The number of hydrogen-bond acceptors (Lipinski definition) is 2. The molecule has 1 saturated carbocycles. The Bertz CT molecular complexity index is 114. The Morgan fingerprint density at radius 1 is 1.60 bits per heavy atom. The molecule has 2 N–H and O–H groups in total. The topological polar surface area (TPSA) is 40.5 Å². The summed E-state index contributed by atoms with van der Waals surface area (Å²) in [4.78, 5) is 0. The fourth-order valence-corrected chi connectivity index (χ4v) is 1.79. The fraction of sp³-hybridized carbons (Fsp3) is 1.00. The molecule has 0 bridgehead atoms. The molecule has 1 fully saturated rings. The van der Waals surface area contributed by atoms with Crippen LogP contribution in [0.25, 0.3) is 0 Å². The minimum absolute atomic E-state index is 0.112. The summed E-state index contributed by atoms with van der Waals surface area (Å²) in [5.74, 6) is 0.375. The summed E-state index contributed by atoms with van der Waals surface area (Å²) < 4.78 is 0. The van der Waals surface area contributed by atoms with Crippen LogP contribution in [0.4, 0.5) is 0 Å². The first-order valence-corrected chi connectivity index (χ1v) is 4.02. The van der Waals surface area contributed by atoms with E-state index in [0.29, 0.717) is 12.3 Å². The molecule has 0 aliphatic heterocycles. The van der Waals surface area contributed by atoms with Crippen LogP contribution in [0, 0.1) is 5.92 Å². The van der Waals surface area contributed by atoms with Crippen LogP contribution in [0.15, 0.2) is 0 Å². The van der Waals surface area contributed by atoms with Crippen molar-refractivity contribution in [1.82, 2.24) is 0 Å². The second kappa shape index (κ2) is 2.89. The molecule has 0 amide bonds. The molecule has 0 aromatic carbocycles. The molecular weight excluding hydrogens is 128 g/mol. The Kier molecular flexibility index (Phi) is 2.32. The number of rotatable bonds is 2. The van der Waals surface area contributed by atoms with Crippen LogP contribution in [0.3, 0.4) is 0 Å². The van der Waals surface area contributed by atoms with Crippen molar-refractivity contribution >= 4 is 0 Å². The second-order valence-electron chi connectivity index (χ2n) is 3.37. The lowest BCUT2D eigenvalue weighted by Gasteiger charge is -2.26. The zero-order valence-corrected chi connectivity index (χ0v) is 6.51. The average molecular weight is 144 g/mol. The third kappa shape index (κ3) is 1.32. The number of hydrogen-bond donors (Lipinski definition) is 2. The summed E-state index contributed by atoms with van der Waals surface area (Å²) in [6, 6.07) is 0. The van der Waals surface area contributed by atoms with Gasteiger partial charge in [0.2, 0.25) is 0 Å². The Morgan fingerprint density at radius 3 is 2.70 bits per heavy atom. The van der Waals surface area contributed by atoms with Gasteiger partial charge >= 0.3 is 0 Å². The van der Waals surface area contributed by atoms with Crippen LogP contribution < -0.4 is 0 Å². The molecule has 0 radical (unpaired) electrons. The van der Waals surface area contributed by atoms with E-state index in [9.17, 15) is 5.11 Å². The normalized spacial score (nSPS) is 40.5. The minimum Gasteiger partial charge on any atom is -0.396 e. The third-order valence-corrected chi connectivity index (χ3v) is 2.71. The zero-order valence-electron chi connectivity index (χ0n) is 6.51. The number of aliphatic hydroxyl groups is 2. The molecule has 0 saturated heterocycles. The lowest BCUT2D eigenvalue weighted by Crippen LogP contribution is -2.32. The molecule has 1 aliphatic rings. The maximum absolute atomic E-state index is 9.80. The first-order valence-electron chi connectivity index (χ1n) is 4.02. The largest absolute Gasteiger partial charge is 0.396 e. The predicted molar refractivity (Wildman–Crippen MR) is 39.7 cm³/mol. The van der Waals surface area contributed by atoms with Crippen LogP contribution >= 0.6 is 0 Å². The van der Waals surface area contributed by atoms with E-state index in [1.165, 1.54) is 0 Å².